The van der Waals surface area contributed by atoms with Crippen molar-refractivity contribution in [2.75, 3.05) is 10.6 Å². The lowest BCUT2D eigenvalue weighted by atomic mass is 10.2. The summed E-state index contributed by atoms with van der Waals surface area (Å²) < 4.78 is 1.95. The molecule has 0 saturated heterocycles. The first-order valence-corrected chi connectivity index (χ1v) is 9.35. The van der Waals surface area contributed by atoms with E-state index in [2.05, 4.69) is 15.6 Å². The minimum atomic E-state index is -0.454. The van der Waals surface area contributed by atoms with Crippen LogP contribution in [0.4, 0.5) is 11.6 Å². The van der Waals surface area contributed by atoms with Gasteiger partial charge in [0.15, 0.2) is 0 Å². The van der Waals surface area contributed by atoms with Crippen molar-refractivity contribution in [3.05, 3.63) is 48.5 Å². The number of hydrogen-bond donors (Lipinski definition) is 2. The zero-order chi connectivity index (χ0) is 18.1. The van der Waals surface area contributed by atoms with Crippen molar-refractivity contribution in [3.8, 4) is 0 Å². The molecule has 2 heterocycles. The topological polar surface area (TPSA) is 76.0 Å². The molecule has 26 heavy (non-hydrogen) atoms. The Morgan fingerprint density at radius 3 is 2.85 bits per heavy atom. The van der Waals surface area contributed by atoms with Gasteiger partial charge >= 0.3 is 0 Å². The smallest absolute Gasteiger partial charge is 0.238 e. The number of amides is 2. The van der Waals surface area contributed by atoms with Crippen molar-refractivity contribution in [3.63, 3.8) is 0 Å². The number of carbonyl (C=O) groups is 2. The number of benzene rings is 2. The Bertz CT molecular complexity index is 998. The molecule has 2 aromatic carbocycles. The fraction of sp³-hybridized carbons (Fsp3) is 0.211. The predicted molar refractivity (Wildman–Crippen MR) is 103 cm³/mol. The average Bonchev–Trinajstić information content (AvgIpc) is 2.99. The van der Waals surface area contributed by atoms with Crippen LogP contribution in [0.1, 0.15) is 13.3 Å². The van der Waals surface area contributed by atoms with Crippen molar-refractivity contribution >= 4 is 46.2 Å². The molecule has 1 atom stereocenters. The molecule has 1 aliphatic rings. The molecule has 4 rings (SSSR count). The van der Waals surface area contributed by atoms with Gasteiger partial charge in [0.1, 0.15) is 0 Å². The summed E-state index contributed by atoms with van der Waals surface area (Å²) in [6, 6.07) is 15.4. The molecule has 0 spiro atoms. The molecule has 3 aromatic rings. The van der Waals surface area contributed by atoms with E-state index in [1.165, 1.54) is 11.8 Å². The summed E-state index contributed by atoms with van der Waals surface area (Å²) in [5, 5.41) is 5.27. The number of nitrogens with zero attached hydrogens (tertiary/aromatic N) is 2. The van der Waals surface area contributed by atoms with Gasteiger partial charge in [0.25, 0.3) is 0 Å². The summed E-state index contributed by atoms with van der Waals surface area (Å²) in [6.45, 7) is 2.70. The Morgan fingerprint density at radius 1 is 1.23 bits per heavy atom. The van der Waals surface area contributed by atoms with Crippen LogP contribution in [0.15, 0.2) is 53.4 Å². The maximum Gasteiger partial charge on any atom is 0.238 e. The molecule has 2 amide bonds. The number of rotatable bonds is 4. The first kappa shape index (κ1) is 16.7. The van der Waals surface area contributed by atoms with Crippen LogP contribution in [0.5, 0.6) is 0 Å². The Hall–Kier alpha value is -2.80. The number of para-hydroxylation sites is 3. The van der Waals surface area contributed by atoms with Crippen molar-refractivity contribution in [2.45, 2.75) is 30.0 Å². The molecular formula is C19H18N4O2S. The molecule has 7 heteroatoms. The van der Waals surface area contributed by atoms with Crippen LogP contribution < -0.4 is 10.6 Å². The number of carbonyl (C=O) groups excluding carboxylic acids is 2. The molecule has 6 nitrogen and oxygen atoms in total. The highest BCUT2D eigenvalue weighted by Crippen LogP contribution is 2.36. The number of hydrogen-bond acceptors (Lipinski definition) is 4. The summed E-state index contributed by atoms with van der Waals surface area (Å²) >= 11 is 1.42. The maximum absolute atomic E-state index is 12.5. The molecule has 2 N–H and O–H groups in total. The van der Waals surface area contributed by atoms with Crippen LogP contribution in [-0.4, -0.2) is 26.6 Å². The molecule has 0 unspecified atom stereocenters. The third kappa shape index (κ3) is 3.06. The number of aryl methyl sites for hydroxylation is 1. The highest BCUT2D eigenvalue weighted by atomic mass is 32.2. The second kappa shape index (κ2) is 6.84. The van der Waals surface area contributed by atoms with Crippen LogP contribution in [0.3, 0.4) is 0 Å². The number of fused-ring (bicyclic) bond motifs is 2. The highest BCUT2D eigenvalue weighted by molar-refractivity contribution is 8.01. The van der Waals surface area contributed by atoms with Gasteiger partial charge in [0.05, 0.1) is 22.0 Å². The Kier molecular flexibility index (Phi) is 4.38. The fourth-order valence-electron chi connectivity index (χ4n) is 3.06. The van der Waals surface area contributed by atoms with Gasteiger partial charge in [0, 0.05) is 17.9 Å². The number of imidazole rings is 1. The summed E-state index contributed by atoms with van der Waals surface area (Å²) in [6.07, 6.45) is 0.0950. The largest absolute Gasteiger partial charge is 0.324 e. The third-order valence-corrected chi connectivity index (χ3v) is 5.57. The van der Waals surface area contributed by atoms with Gasteiger partial charge in [-0.2, -0.15) is 0 Å². The van der Waals surface area contributed by atoms with Crippen molar-refractivity contribution in [1.82, 2.24) is 9.55 Å². The molecule has 0 aliphatic carbocycles. The predicted octanol–water partition coefficient (Wildman–Crippen LogP) is 3.50. The van der Waals surface area contributed by atoms with Gasteiger partial charge < -0.3 is 9.88 Å². The van der Waals surface area contributed by atoms with E-state index in [1.54, 1.807) is 0 Å². The van der Waals surface area contributed by atoms with Crippen LogP contribution >= 0.6 is 11.8 Å². The quantitative estimate of drug-likeness (QED) is 0.741. The summed E-state index contributed by atoms with van der Waals surface area (Å²) in [5.74, 6) is 0.148. The molecule has 0 saturated carbocycles. The lowest BCUT2D eigenvalue weighted by Gasteiger charge is -2.23. The van der Waals surface area contributed by atoms with Gasteiger partial charge in [-0.3, -0.25) is 14.9 Å². The Morgan fingerprint density at radius 2 is 2.00 bits per heavy atom. The summed E-state index contributed by atoms with van der Waals surface area (Å²) in [5.41, 5.74) is 2.61. The standard InChI is InChI=1S/C19H18N4O2S/c1-2-23-14-9-5-3-7-12(14)21-19(23)22-17(24)11-16-18(25)20-13-8-4-6-10-15(13)26-16/h3-10,16H,2,11H2,1H3,(H,20,25)(H,21,22,24)/t16-/m1/s1. The Balaban J connectivity index is 1.50. The lowest BCUT2D eigenvalue weighted by Crippen LogP contribution is -2.32. The fourth-order valence-corrected chi connectivity index (χ4v) is 4.17. The van der Waals surface area contributed by atoms with Gasteiger partial charge in [0.2, 0.25) is 17.8 Å². The van der Waals surface area contributed by atoms with Crippen molar-refractivity contribution in [2.24, 2.45) is 0 Å². The molecular weight excluding hydrogens is 348 g/mol. The van der Waals surface area contributed by atoms with E-state index in [0.717, 1.165) is 21.6 Å². The number of anilines is 2. The first-order chi connectivity index (χ1) is 12.7. The van der Waals surface area contributed by atoms with Gasteiger partial charge in [-0.15, -0.1) is 11.8 Å². The monoisotopic (exact) mass is 366 g/mol. The first-order valence-electron chi connectivity index (χ1n) is 8.47. The molecule has 0 radical (unpaired) electrons. The van der Waals surface area contributed by atoms with Gasteiger partial charge in [-0.1, -0.05) is 24.3 Å². The second-order valence-corrected chi connectivity index (χ2v) is 7.26. The van der Waals surface area contributed by atoms with E-state index in [1.807, 2.05) is 60.0 Å². The number of thioether (sulfide) groups is 1. The minimum Gasteiger partial charge on any atom is -0.324 e. The zero-order valence-corrected chi connectivity index (χ0v) is 15.0. The van der Waals surface area contributed by atoms with Crippen LogP contribution in [0.25, 0.3) is 11.0 Å². The van der Waals surface area contributed by atoms with Crippen LogP contribution in [-0.2, 0) is 16.1 Å². The lowest BCUT2D eigenvalue weighted by molar-refractivity contribution is -0.120. The number of aromatic nitrogens is 2. The van der Waals surface area contributed by atoms with Crippen molar-refractivity contribution < 1.29 is 9.59 Å². The second-order valence-electron chi connectivity index (χ2n) is 6.01. The zero-order valence-electron chi connectivity index (χ0n) is 14.2. The minimum absolute atomic E-state index is 0.0950. The van der Waals surface area contributed by atoms with Gasteiger partial charge in [-0.05, 0) is 31.2 Å². The highest BCUT2D eigenvalue weighted by Gasteiger charge is 2.29. The third-order valence-electron chi connectivity index (χ3n) is 4.30. The average molecular weight is 366 g/mol. The van der Waals surface area contributed by atoms with Crippen molar-refractivity contribution in [1.29, 1.82) is 0 Å². The van der Waals surface area contributed by atoms with E-state index in [-0.39, 0.29) is 18.2 Å². The Labute approximate surface area is 155 Å². The van der Waals surface area contributed by atoms with E-state index >= 15 is 0 Å². The van der Waals surface area contributed by atoms with E-state index in [9.17, 15) is 9.59 Å². The molecule has 0 fully saturated rings. The normalized spacial score (nSPS) is 16.2. The molecule has 132 valence electrons. The number of nitrogens with one attached hydrogen (secondary N) is 2. The summed E-state index contributed by atoms with van der Waals surface area (Å²) in [7, 11) is 0. The van der Waals surface area contributed by atoms with Crippen LogP contribution in [0.2, 0.25) is 0 Å². The molecule has 1 aromatic heterocycles. The molecule has 0 bridgehead atoms. The SMILES string of the molecule is CCn1c(NC(=O)C[C@H]2Sc3ccccc3NC2=O)nc2ccccc21. The van der Waals surface area contributed by atoms with E-state index in [4.69, 9.17) is 0 Å². The summed E-state index contributed by atoms with van der Waals surface area (Å²) in [4.78, 5) is 30.3. The molecule has 1 aliphatic heterocycles. The van der Waals surface area contributed by atoms with E-state index < -0.39 is 5.25 Å². The maximum atomic E-state index is 12.5. The van der Waals surface area contributed by atoms with Gasteiger partial charge in [-0.25, -0.2) is 4.98 Å². The van der Waals surface area contributed by atoms with Crippen LogP contribution in [0, 0.1) is 0 Å². The van der Waals surface area contributed by atoms with E-state index in [0.29, 0.717) is 12.5 Å².